The molecule has 2 aromatic carbocycles. The van der Waals surface area contributed by atoms with Gasteiger partial charge in [-0.25, -0.2) is 9.18 Å². The number of likely N-dealkylation sites (tertiary alicyclic amines) is 1. The quantitative estimate of drug-likeness (QED) is 0.491. The van der Waals surface area contributed by atoms with E-state index in [0.717, 1.165) is 30.0 Å². The SMILES string of the molecule is O=C(O)c1ccc2c(c1)CCC2N1CCC2c3ccc(C(F)(C(F)(F)F)C(F)(F)F)cc3CCC21. The van der Waals surface area contributed by atoms with E-state index < -0.39 is 29.6 Å². The molecule has 0 aromatic heterocycles. The van der Waals surface area contributed by atoms with Crippen LogP contribution in [-0.4, -0.2) is 40.9 Å². The molecule has 1 N–H and O–H groups in total. The smallest absolute Gasteiger partial charge is 0.435 e. The predicted molar refractivity (Wildman–Crippen MR) is 112 cm³/mol. The van der Waals surface area contributed by atoms with Gasteiger partial charge in [0.15, 0.2) is 0 Å². The summed E-state index contributed by atoms with van der Waals surface area (Å²) >= 11 is 0. The van der Waals surface area contributed by atoms with E-state index in [9.17, 15) is 40.6 Å². The van der Waals surface area contributed by atoms with Crippen LogP contribution in [0.2, 0.25) is 0 Å². The zero-order valence-electron chi connectivity index (χ0n) is 18.4. The lowest BCUT2D eigenvalue weighted by atomic mass is 9.77. The Bertz CT molecular complexity index is 1160. The highest BCUT2D eigenvalue weighted by atomic mass is 19.4. The Morgan fingerprint density at radius 3 is 2.11 bits per heavy atom. The highest BCUT2D eigenvalue weighted by Crippen LogP contribution is 2.54. The van der Waals surface area contributed by atoms with E-state index in [2.05, 4.69) is 4.90 Å². The van der Waals surface area contributed by atoms with Gasteiger partial charge in [-0.15, -0.1) is 0 Å². The molecule has 0 spiro atoms. The number of nitrogens with zero attached hydrogens (tertiary/aromatic N) is 1. The van der Waals surface area contributed by atoms with E-state index >= 15 is 0 Å². The first-order valence-electron chi connectivity index (χ1n) is 11.4. The molecule has 3 unspecified atom stereocenters. The van der Waals surface area contributed by atoms with Crippen LogP contribution < -0.4 is 0 Å². The van der Waals surface area contributed by atoms with Crippen molar-refractivity contribution in [2.75, 3.05) is 6.54 Å². The number of carboxylic acid groups (broad SMARTS) is 1. The number of hydrogen-bond donors (Lipinski definition) is 1. The van der Waals surface area contributed by atoms with E-state index in [-0.39, 0.29) is 30.0 Å². The maximum Gasteiger partial charge on any atom is 0.435 e. The topological polar surface area (TPSA) is 40.5 Å². The average Bonchev–Trinajstić information content (AvgIpc) is 3.39. The van der Waals surface area contributed by atoms with Crippen molar-refractivity contribution >= 4 is 5.97 Å². The fraction of sp³-hybridized carbons (Fsp3) is 0.480. The van der Waals surface area contributed by atoms with Crippen molar-refractivity contribution in [1.29, 1.82) is 0 Å². The lowest BCUT2D eigenvalue weighted by Crippen LogP contribution is -2.50. The highest BCUT2D eigenvalue weighted by Gasteiger charge is 2.73. The van der Waals surface area contributed by atoms with E-state index in [1.54, 1.807) is 12.1 Å². The molecular formula is C25H22F7NO2. The van der Waals surface area contributed by atoms with E-state index in [4.69, 9.17) is 0 Å². The van der Waals surface area contributed by atoms with Crippen LogP contribution in [0, 0.1) is 0 Å². The summed E-state index contributed by atoms with van der Waals surface area (Å²) < 4.78 is 93.8. The molecule has 3 aliphatic rings. The standard InChI is InChI=1S/C25H22F7NO2/c26-23(24(27,28)29,25(30,31)32)16-4-6-17-14(12-16)3-8-21-19(17)9-10-33(21)20-7-2-13-11-15(22(34)35)1-5-18(13)20/h1,4-6,11-12,19-21H,2-3,7-10H2,(H,34,35). The number of halogens is 7. The number of carboxylic acids is 1. The van der Waals surface area contributed by atoms with Crippen molar-refractivity contribution in [1.82, 2.24) is 4.90 Å². The van der Waals surface area contributed by atoms with Gasteiger partial charge >= 0.3 is 24.0 Å². The molecule has 0 radical (unpaired) electrons. The first-order chi connectivity index (χ1) is 16.3. The summed E-state index contributed by atoms with van der Waals surface area (Å²) in [5.41, 5.74) is -3.56. The predicted octanol–water partition coefficient (Wildman–Crippen LogP) is 6.47. The van der Waals surface area contributed by atoms with Gasteiger partial charge in [-0.2, -0.15) is 26.3 Å². The number of rotatable bonds is 3. The average molecular weight is 501 g/mol. The van der Waals surface area contributed by atoms with Gasteiger partial charge in [-0.1, -0.05) is 24.3 Å². The fourth-order valence-electron chi connectivity index (χ4n) is 6.26. The largest absolute Gasteiger partial charge is 0.478 e. The zero-order chi connectivity index (χ0) is 25.3. The number of aryl methyl sites for hydroxylation is 2. The van der Waals surface area contributed by atoms with Crippen LogP contribution in [0.4, 0.5) is 30.7 Å². The maximum absolute atomic E-state index is 14.6. The van der Waals surface area contributed by atoms with Crippen LogP contribution >= 0.6 is 0 Å². The van der Waals surface area contributed by atoms with Crippen LogP contribution in [0.1, 0.15) is 69.4 Å². The second-order valence-electron chi connectivity index (χ2n) is 9.58. The van der Waals surface area contributed by atoms with E-state index in [0.29, 0.717) is 36.6 Å². The Morgan fingerprint density at radius 2 is 1.46 bits per heavy atom. The summed E-state index contributed by atoms with van der Waals surface area (Å²) in [5.74, 6) is -1.06. The third-order valence-corrected chi connectivity index (χ3v) is 7.86. The summed E-state index contributed by atoms with van der Waals surface area (Å²) in [5, 5.41) is 9.24. The Balaban J connectivity index is 1.43. The minimum absolute atomic E-state index is 0.0591. The second-order valence-corrected chi connectivity index (χ2v) is 9.58. The van der Waals surface area contributed by atoms with E-state index in [1.807, 2.05) is 6.07 Å². The van der Waals surface area contributed by atoms with Crippen LogP contribution in [0.3, 0.4) is 0 Å². The van der Waals surface area contributed by atoms with Gasteiger partial charge < -0.3 is 5.11 Å². The molecular weight excluding hydrogens is 479 g/mol. The third-order valence-electron chi connectivity index (χ3n) is 7.86. The molecule has 5 rings (SSSR count). The third kappa shape index (κ3) is 3.63. The van der Waals surface area contributed by atoms with Gasteiger partial charge in [0, 0.05) is 23.6 Å². The number of hydrogen-bond acceptors (Lipinski definition) is 2. The first kappa shape index (κ1) is 24.1. The molecule has 1 heterocycles. The van der Waals surface area contributed by atoms with E-state index in [1.165, 1.54) is 6.07 Å². The molecule has 35 heavy (non-hydrogen) atoms. The Hall–Kier alpha value is -2.62. The molecule has 10 heteroatoms. The monoisotopic (exact) mass is 501 g/mol. The van der Waals surface area contributed by atoms with Gasteiger partial charge in [0.1, 0.15) is 0 Å². The fourth-order valence-corrected chi connectivity index (χ4v) is 6.26. The number of benzene rings is 2. The van der Waals surface area contributed by atoms with Gasteiger partial charge in [-0.3, -0.25) is 4.90 Å². The molecule has 0 bridgehead atoms. The normalized spacial score (nSPS) is 24.7. The lowest BCUT2D eigenvalue weighted by Gasteiger charge is -2.38. The number of fused-ring (bicyclic) bond motifs is 4. The summed E-state index contributed by atoms with van der Waals surface area (Å²) in [6.45, 7) is 0.708. The Kier molecular flexibility index (Phi) is 5.47. The molecule has 0 amide bonds. The summed E-state index contributed by atoms with van der Waals surface area (Å²) in [6, 6.07) is 7.85. The maximum atomic E-state index is 14.6. The van der Waals surface area contributed by atoms with Gasteiger partial charge in [0.2, 0.25) is 0 Å². The molecule has 1 aliphatic heterocycles. The summed E-state index contributed by atoms with van der Waals surface area (Å²) in [7, 11) is 0. The van der Waals surface area contributed by atoms with Crippen molar-refractivity contribution in [3.05, 3.63) is 69.8 Å². The van der Waals surface area contributed by atoms with Gasteiger partial charge in [-0.05, 0) is 73.0 Å². The molecule has 3 nitrogen and oxygen atoms in total. The lowest BCUT2D eigenvalue weighted by molar-refractivity contribution is -0.348. The van der Waals surface area contributed by atoms with Crippen LogP contribution in [0.25, 0.3) is 0 Å². The minimum Gasteiger partial charge on any atom is -0.478 e. The molecule has 2 aliphatic carbocycles. The number of alkyl halides is 7. The molecule has 0 saturated carbocycles. The van der Waals surface area contributed by atoms with Gasteiger partial charge in [0.05, 0.1) is 5.56 Å². The van der Waals surface area contributed by atoms with Crippen molar-refractivity contribution < 1.29 is 40.6 Å². The van der Waals surface area contributed by atoms with Crippen molar-refractivity contribution in [2.24, 2.45) is 0 Å². The van der Waals surface area contributed by atoms with Gasteiger partial charge in [0.25, 0.3) is 0 Å². The first-order valence-corrected chi connectivity index (χ1v) is 11.4. The molecule has 1 saturated heterocycles. The zero-order valence-corrected chi connectivity index (χ0v) is 18.4. The van der Waals surface area contributed by atoms with Crippen LogP contribution in [0.15, 0.2) is 36.4 Å². The molecule has 2 aromatic rings. The van der Waals surface area contributed by atoms with Crippen LogP contribution in [-0.2, 0) is 18.5 Å². The molecule has 3 atom stereocenters. The van der Waals surface area contributed by atoms with Crippen LogP contribution in [0.5, 0.6) is 0 Å². The second kappa shape index (κ2) is 7.94. The van der Waals surface area contributed by atoms with Crippen molar-refractivity contribution in [3.8, 4) is 0 Å². The summed E-state index contributed by atoms with van der Waals surface area (Å²) in [4.78, 5) is 13.6. The molecule has 1 fully saturated rings. The van der Waals surface area contributed by atoms with Crippen molar-refractivity contribution in [3.63, 3.8) is 0 Å². The highest BCUT2D eigenvalue weighted by molar-refractivity contribution is 5.88. The minimum atomic E-state index is -6.13. The Labute approximate surface area is 196 Å². The Morgan fingerprint density at radius 1 is 0.829 bits per heavy atom. The summed E-state index contributed by atoms with van der Waals surface area (Å²) in [6.07, 6.45) is -9.22. The number of carbonyl (C=O) groups is 1. The van der Waals surface area contributed by atoms with Crippen molar-refractivity contribution in [2.45, 2.75) is 68.1 Å². The molecule has 188 valence electrons. The number of aromatic carboxylic acids is 1.